The van der Waals surface area contributed by atoms with Gasteiger partial charge < -0.3 is 26.2 Å². The zero-order valence-corrected chi connectivity index (χ0v) is 28.0. The fourth-order valence-corrected chi connectivity index (χ4v) is 4.45. The zero-order valence-electron chi connectivity index (χ0n) is 28.0. The van der Waals surface area contributed by atoms with Crippen molar-refractivity contribution >= 4 is 35.8 Å². The minimum Gasteiger partial charge on any atom is -0.351 e. The number of amides is 5. The van der Waals surface area contributed by atoms with Crippen LogP contribution in [0.4, 0.5) is 0 Å². The molecule has 1 unspecified atom stereocenters. The molecule has 1 aliphatic rings. The third kappa shape index (κ3) is 14.6. The number of carbonyl (C=O) groups is 6. The third-order valence-electron chi connectivity index (χ3n) is 6.96. The number of nitrogens with one attached hydrogen (secondary N) is 4. The first-order valence-corrected chi connectivity index (χ1v) is 15.3. The van der Waals surface area contributed by atoms with Gasteiger partial charge in [0.05, 0.1) is 6.04 Å². The molecular formula is C33H53N5O6. The van der Waals surface area contributed by atoms with E-state index in [0.717, 1.165) is 37.1 Å². The topological polar surface area (TPSA) is 154 Å². The Morgan fingerprint density at radius 2 is 1.48 bits per heavy atom. The van der Waals surface area contributed by atoms with Crippen LogP contribution in [0.2, 0.25) is 0 Å². The summed E-state index contributed by atoms with van der Waals surface area (Å²) in [6.45, 7) is 18.9. The van der Waals surface area contributed by atoms with Crippen molar-refractivity contribution in [3.63, 3.8) is 0 Å². The van der Waals surface area contributed by atoms with E-state index in [0.29, 0.717) is 25.8 Å². The van der Waals surface area contributed by atoms with Crippen LogP contribution in [-0.4, -0.2) is 71.9 Å². The van der Waals surface area contributed by atoms with Gasteiger partial charge in [0.2, 0.25) is 29.9 Å². The zero-order chi connectivity index (χ0) is 33.7. The molecule has 0 bridgehead atoms. The molecule has 11 nitrogen and oxygen atoms in total. The van der Waals surface area contributed by atoms with E-state index in [1.54, 1.807) is 0 Å². The van der Waals surface area contributed by atoms with Gasteiger partial charge in [-0.2, -0.15) is 0 Å². The molecule has 1 fully saturated rings. The first-order chi connectivity index (χ1) is 20.3. The number of rotatable bonds is 12. The molecule has 1 heterocycles. The van der Waals surface area contributed by atoms with Crippen molar-refractivity contribution in [3.05, 3.63) is 35.4 Å². The van der Waals surface area contributed by atoms with E-state index < -0.39 is 29.2 Å². The third-order valence-corrected chi connectivity index (χ3v) is 6.96. The molecule has 0 saturated carbocycles. The van der Waals surface area contributed by atoms with E-state index in [2.05, 4.69) is 21.3 Å². The molecule has 5 amide bonds. The molecule has 1 aromatic carbocycles. The molecule has 0 radical (unpaired) electrons. The Morgan fingerprint density at radius 3 is 1.98 bits per heavy atom. The summed E-state index contributed by atoms with van der Waals surface area (Å²) in [5, 5.41) is 10.5. The first kappa shape index (κ1) is 38.3. The highest BCUT2D eigenvalue weighted by atomic mass is 16.2. The van der Waals surface area contributed by atoms with Crippen molar-refractivity contribution in [2.75, 3.05) is 13.1 Å². The number of benzene rings is 1. The van der Waals surface area contributed by atoms with E-state index in [9.17, 15) is 28.8 Å². The Hall–Kier alpha value is -3.76. The summed E-state index contributed by atoms with van der Waals surface area (Å²) < 4.78 is 0. The summed E-state index contributed by atoms with van der Waals surface area (Å²) in [4.78, 5) is 72.3. The van der Waals surface area contributed by atoms with Gasteiger partial charge in [-0.25, -0.2) is 0 Å². The van der Waals surface area contributed by atoms with Crippen molar-refractivity contribution in [1.29, 1.82) is 0 Å². The Kier molecular flexibility index (Phi) is 15.2. The van der Waals surface area contributed by atoms with Crippen molar-refractivity contribution in [2.24, 2.45) is 10.8 Å². The van der Waals surface area contributed by atoms with Gasteiger partial charge in [0.1, 0.15) is 6.04 Å². The predicted molar refractivity (Wildman–Crippen MR) is 170 cm³/mol. The number of ketones is 1. The van der Waals surface area contributed by atoms with Crippen LogP contribution in [0.15, 0.2) is 24.3 Å². The maximum atomic E-state index is 12.8. The van der Waals surface area contributed by atoms with E-state index >= 15 is 0 Å². The lowest BCUT2D eigenvalue weighted by atomic mass is 9.85. The van der Waals surface area contributed by atoms with Gasteiger partial charge in [-0.05, 0) is 50.0 Å². The van der Waals surface area contributed by atoms with Crippen LogP contribution < -0.4 is 21.3 Å². The molecule has 4 N–H and O–H groups in total. The first-order valence-electron chi connectivity index (χ1n) is 15.3. The second-order valence-electron chi connectivity index (χ2n) is 13.8. The van der Waals surface area contributed by atoms with Crippen molar-refractivity contribution in [3.8, 4) is 0 Å². The second kappa shape index (κ2) is 17.5. The Bertz CT molecular complexity index is 1130. The molecule has 2 rings (SSSR count). The quantitative estimate of drug-likeness (QED) is 0.210. The molecule has 0 aromatic heterocycles. The number of aryl methyl sites for hydroxylation is 1. The van der Waals surface area contributed by atoms with Crippen LogP contribution >= 0.6 is 0 Å². The van der Waals surface area contributed by atoms with Crippen LogP contribution in [0.5, 0.6) is 0 Å². The number of nitrogens with zero attached hydrogens (tertiary/aromatic N) is 1. The molecule has 1 aromatic rings. The van der Waals surface area contributed by atoms with Crippen LogP contribution in [0.25, 0.3) is 0 Å². The highest BCUT2D eigenvalue weighted by molar-refractivity contribution is 6.38. The molecule has 1 saturated heterocycles. The highest BCUT2D eigenvalue weighted by Gasteiger charge is 2.34. The van der Waals surface area contributed by atoms with Crippen molar-refractivity contribution < 1.29 is 28.8 Å². The summed E-state index contributed by atoms with van der Waals surface area (Å²) in [6, 6.07) is 5.92. The number of likely N-dealkylation sites (tertiary alicyclic amines) is 1. The van der Waals surface area contributed by atoms with E-state index in [1.807, 2.05) is 84.6 Å². The minimum absolute atomic E-state index is 0.0828. The smallest absolute Gasteiger partial charge is 0.289 e. The van der Waals surface area contributed by atoms with E-state index in [-0.39, 0.29) is 29.2 Å². The van der Waals surface area contributed by atoms with Gasteiger partial charge in [0.25, 0.3) is 5.91 Å². The summed E-state index contributed by atoms with van der Waals surface area (Å²) in [5.41, 5.74) is 1.48. The summed E-state index contributed by atoms with van der Waals surface area (Å²) in [6.07, 6.45) is 3.15. The molecule has 0 aliphatic carbocycles. The van der Waals surface area contributed by atoms with Gasteiger partial charge in [-0.15, -0.1) is 0 Å². The molecule has 3 atom stereocenters. The lowest BCUT2D eigenvalue weighted by molar-refractivity contribution is -0.139. The monoisotopic (exact) mass is 615 g/mol. The second-order valence-corrected chi connectivity index (χ2v) is 13.8. The average molecular weight is 616 g/mol. The SMILES string of the molecule is C[C@H](CC(=O)N1CCCC1)NC(=O)[C@@H](NC(=O)CC(C)(C)C)C(C)(C)C.Cc1ccc(CNC(=O)C(=O)C(C)NC=O)cc1. The lowest BCUT2D eigenvalue weighted by Crippen LogP contribution is -2.55. The normalized spacial score (nSPS) is 15.1. The number of carbonyl (C=O) groups excluding carboxylic acids is 6. The van der Waals surface area contributed by atoms with Gasteiger partial charge >= 0.3 is 0 Å². The largest absolute Gasteiger partial charge is 0.351 e. The fourth-order valence-electron chi connectivity index (χ4n) is 4.45. The van der Waals surface area contributed by atoms with Crippen LogP contribution in [0.1, 0.15) is 92.2 Å². The van der Waals surface area contributed by atoms with Crippen LogP contribution in [-0.2, 0) is 35.3 Å². The molecule has 0 spiro atoms. The van der Waals surface area contributed by atoms with Crippen LogP contribution in [0, 0.1) is 17.8 Å². The maximum absolute atomic E-state index is 12.8. The number of Topliss-reactive ketones (excluding diaryl/α,β-unsaturated/α-hetero) is 1. The highest BCUT2D eigenvalue weighted by Crippen LogP contribution is 2.22. The maximum Gasteiger partial charge on any atom is 0.289 e. The van der Waals surface area contributed by atoms with Gasteiger partial charge in [-0.1, -0.05) is 71.4 Å². The van der Waals surface area contributed by atoms with Gasteiger partial charge in [0, 0.05) is 38.5 Å². The molecule has 11 heteroatoms. The molecular weight excluding hydrogens is 562 g/mol. The Balaban J connectivity index is 0.000000470. The predicted octanol–water partition coefficient (Wildman–Crippen LogP) is 2.79. The summed E-state index contributed by atoms with van der Waals surface area (Å²) >= 11 is 0. The van der Waals surface area contributed by atoms with Crippen molar-refractivity contribution in [1.82, 2.24) is 26.2 Å². The summed E-state index contributed by atoms with van der Waals surface area (Å²) in [5.74, 6) is -1.64. The van der Waals surface area contributed by atoms with Crippen LogP contribution in [0.3, 0.4) is 0 Å². The molecule has 1 aliphatic heterocycles. The Labute approximate surface area is 262 Å². The summed E-state index contributed by atoms with van der Waals surface area (Å²) in [7, 11) is 0. The fraction of sp³-hybridized carbons (Fsp3) is 0.636. The minimum atomic E-state index is -0.805. The Morgan fingerprint density at radius 1 is 0.909 bits per heavy atom. The standard InChI is InChI=1S/C20H37N3O3.C13H16N2O3/c1-14(12-16(25)23-10-8-9-11-23)21-18(26)17(20(5,6)7)22-15(24)13-19(2,3)4;1-9-3-5-11(6-4-9)7-14-13(18)12(17)10(2)15-8-16/h14,17H,8-13H2,1-7H3,(H,21,26)(H,22,24);3-6,8,10H,7H2,1-2H3,(H,14,18)(H,15,16)/t14-,17-;/m1./s1. The number of hydrogen-bond acceptors (Lipinski definition) is 6. The lowest BCUT2D eigenvalue weighted by Gasteiger charge is -2.32. The molecule has 44 heavy (non-hydrogen) atoms. The molecule has 246 valence electrons. The van der Waals surface area contributed by atoms with Gasteiger partial charge in [-0.3, -0.25) is 28.8 Å². The van der Waals surface area contributed by atoms with E-state index in [1.165, 1.54) is 6.92 Å². The number of hydrogen-bond donors (Lipinski definition) is 4. The van der Waals surface area contributed by atoms with Gasteiger partial charge in [0.15, 0.2) is 0 Å². The van der Waals surface area contributed by atoms with E-state index in [4.69, 9.17) is 0 Å². The average Bonchev–Trinajstić information content (AvgIpc) is 3.45. The van der Waals surface area contributed by atoms with Crippen molar-refractivity contribution in [2.45, 2.75) is 113 Å².